The number of Topliss-reactive ketones (excluding diaryl/α,β-unsaturated/α-hetero) is 1. The highest BCUT2D eigenvalue weighted by Crippen LogP contribution is 2.18. The number of ether oxygens (including phenoxy) is 1. The summed E-state index contributed by atoms with van der Waals surface area (Å²) in [5, 5.41) is 2.55. The van der Waals surface area contributed by atoms with Crippen molar-refractivity contribution in [3.63, 3.8) is 0 Å². The summed E-state index contributed by atoms with van der Waals surface area (Å²) in [5.41, 5.74) is 5.41. The van der Waals surface area contributed by atoms with Crippen molar-refractivity contribution in [2.45, 2.75) is 25.2 Å². The molecule has 1 saturated heterocycles. The summed E-state index contributed by atoms with van der Waals surface area (Å²) in [7, 11) is 1.39. The molecule has 3 N–H and O–H groups in total. The molecule has 0 spiro atoms. The van der Waals surface area contributed by atoms with Gasteiger partial charge in [0.25, 0.3) is 0 Å². The number of carbonyl (C=O) groups is 2. The van der Waals surface area contributed by atoms with Crippen LogP contribution in [0.2, 0.25) is 0 Å². The van der Waals surface area contributed by atoms with E-state index in [1.165, 1.54) is 7.11 Å². The van der Waals surface area contributed by atoms with Crippen molar-refractivity contribution in [1.29, 1.82) is 0 Å². The van der Waals surface area contributed by atoms with Gasteiger partial charge in [0.05, 0.1) is 25.0 Å². The second-order valence-corrected chi connectivity index (χ2v) is 4.28. The van der Waals surface area contributed by atoms with E-state index in [2.05, 4.69) is 26.2 Å². The Bertz CT molecular complexity index is 328. The van der Waals surface area contributed by atoms with Crippen LogP contribution in [0, 0.1) is 5.92 Å². The van der Waals surface area contributed by atoms with E-state index < -0.39 is 30.7 Å². The highest BCUT2D eigenvalue weighted by atomic mass is 35.5. The van der Waals surface area contributed by atoms with E-state index >= 15 is 0 Å². The smallest absolute Gasteiger partial charge is 0.356 e. The zero-order valence-electron chi connectivity index (χ0n) is 10.7. The lowest BCUT2D eigenvalue weighted by atomic mass is 9.97. The molecule has 1 rings (SSSR count). The van der Waals surface area contributed by atoms with Gasteiger partial charge in [-0.05, 0) is 12.8 Å². The minimum Gasteiger partial charge on any atom is -0.356 e. The standard InChI is InChI=1S/C9H13F3N2O3.CH3ClO/c10-9(11,12)17-4-7(15)6(13)3-5-1-2-14-8(5)16;1-3-2/h5-6H,1-4,13H2,(H,14,16);1H3. The molecule has 1 aliphatic heterocycles. The molecule has 0 aromatic heterocycles. The van der Waals surface area contributed by atoms with Crippen molar-refractivity contribution in [2.24, 2.45) is 11.7 Å². The van der Waals surface area contributed by atoms with Gasteiger partial charge in [-0.3, -0.25) is 18.6 Å². The van der Waals surface area contributed by atoms with E-state index in [1.807, 2.05) is 0 Å². The fourth-order valence-electron chi connectivity index (χ4n) is 1.57. The SMILES string of the molecule is COCl.NC(CC1CCNC1=O)C(=O)COC(F)(F)F. The Labute approximate surface area is 118 Å². The van der Waals surface area contributed by atoms with Crippen molar-refractivity contribution in [3.8, 4) is 0 Å². The maximum atomic E-state index is 11.7. The predicted molar refractivity (Wildman–Crippen MR) is 63.6 cm³/mol. The molecule has 1 heterocycles. The molecule has 0 aromatic carbocycles. The Kier molecular flexibility index (Phi) is 8.70. The quantitative estimate of drug-likeness (QED) is 0.779. The highest BCUT2D eigenvalue weighted by molar-refractivity contribution is 6.07. The number of nitrogens with two attached hydrogens (primary N) is 1. The van der Waals surface area contributed by atoms with Crippen molar-refractivity contribution >= 4 is 23.6 Å². The molecule has 20 heavy (non-hydrogen) atoms. The first-order valence-electron chi connectivity index (χ1n) is 5.62. The van der Waals surface area contributed by atoms with E-state index in [0.29, 0.717) is 13.0 Å². The minimum atomic E-state index is -4.85. The van der Waals surface area contributed by atoms with Gasteiger partial charge in [0.2, 0.25) is 5.91 Å². The molecule has 10 heteroatoms. The van der Waals surface area contributed by atoms with Gasteiger partial charge < -0.3 is 11.1 Å². The first-order chi connectivity index (χ1) is 9.21. The summed E-state index contributed by atoms with van der Waals surface area (Å²) in [4.78, 5) is 22.4. The maximum absolute atomic E-state index is 11.7. The van der Waals surface area contributed by atoms with Crippen LogP contribution in [0.25, 0.3) is 0 Å². The van der Waals surface area contributed by atoms with Crippen molar-refractivity contribution in [1.82, 2.24) is 5.32 Å². The average molecular weight is 321 g/mol. The second kappa shape index (κ2) is 9.11. The summed E-state index contributed by atoms with van der Waals surface area (Å²) in [5.74, 6) is -1.48. The molecule has 1 amide bonds. The van der Waals surface area contributed by atoms with Crippen LogP contribution in [-0.2, 0) is 18.6 Å². The Morgan fingerprint density at radius 1 is 1.60 bits per heavy atom. The fourth-order valence-corrected chi connectivity index (χ4v) is 1.57. The molecule has 6 nitrogen and oxygen atoms in total. The molecular weight excluding hydrogens is 305 g/mol. The van der Waals surface area contributed by atoms with Crippen molar-refractivity contribution in [2.75, 3.05) is 20.3 Å². The van der Waals surface area contributed by atoms with E-state index in [1.54, 1.807) is 0 Å². The minimum absolute atomic E-state index is 0.0475. The number of alkyl halides is 3. The van der Waals surface area contributed by atoms with Crippen LogP contribution in [0.4, 0.5) is 13.2 Å². The van der Waals surface area contributed by atoms with E-state index in [0.717, 1.165) is 0 Å². The first kappa shape index (κ1) is 19.1. The number of amides is 1. The van der Waals surface area contributed by atoms with Crippen molar-refractivity contribution in [3.05, 3.63) is 0 Å². The lowest BCUT2D eigenvalue weighted by Crippen LogP contribution is -2.38. The van der Waals surface area contributed by atoms with E-state index in [4.69, 9.17) is 5.73 Å². The van der Waals surface area contributed by atoms with Gasteiger partial charge in [0, 0.05) is 12.5 Å². The van der Waals surface area contributed by atoms with E-state index in [-0.39, 0.29) is 12.3 Å². The Morgan fingerprint density at radius 3 is 2.55 bits per heavy atom. The van der Waals surface area contributed by atoms with Crippen LogP contribution >= 0.6 is 11.9 Å². The van der Waals surface area contributed by atoms with Crippen LogP contribution in [0.3, 0.4) is 0 Å². The molecule has 0 saturated carbocycles. The number of ketones is 1. The van der Waals surface area contributed by atoms with Gasteiger partial charge in [-0.25, -0.2) is 0 Å². The van der Waals surface area contributed by atoms with Crippen LogP contribution in [-0.4, -0.2) is 44.4 Å². The summed E-state index contributed by atoms with van der Waals surface area (Å²) in [6.45, 7) is -0.609. The number of nitrogens with one attached hydrogen (secondary N) is 1. The summed E-state index contributed by atoms with van der Waals surface area (Å²) < 4.78 is 42.1. The normalized spacial score (nSPS) is 19.9. The summed E-state index contributed by atoms with van der Waals surface area (Å²) in [6, 6.07) is -1.11. The molecule has 118 valence electrons. The zero-order chi connectivity index (χ0) is 15.8. The third-order valence-electron chi connectivity index (χ3n) is 2.49. The van der Waals surface area contributed by atoms with Crippen LogP contribution in [0.1, 0.15) is 12.8 Å². The molecule has 0 aliphatic carbocycles. The van der Waals surface area contributed by atoms with Crippen molar-refractivity contribution < 1.29 is 31.8 Å². The van der Waals surface area contributed by atoms with Gasteiger partial charge in [0.15, 0.2) is 5.78 Å². The van der Waals surface area contributed by atoms with E-state index in [9.17, 15) is 22.8 Å². The molecule has 0 aromatic rings. The molecule has 1 fully saturated rings. The molecule has 2 atom stereocenters. The lowest BCUT2D eigenvalue weighted by molar-refractivity contribution is -0.320. The van der Waals surface area contributed by atoms with Crippen LogP contribution < -0.4 is 11.1 Å². The molecule has 2 unspecified atom stereocenters. The number of halogens is 4. The third kappa shape index (κ3) is 8.31. The zero-order valence-corrected chi connectivity index (χ0v) is 11.5. The average Bonchev–Trinajstić information content (AvgIpc) is 2.72. The summed E-state index contributed by atoms with van der Waals surface area (Å²) in [6.07, 6.45) is -4.26. The number of hydrogen-bond donors (Lipinski definition) is 2. The topological polar surface area (TPSA) is 90.6 Å². The molecule has 0 bridgehead atoms. The second-order valence-electron chi connectivity index (χ2n) is 3.97. The molecule has 1 aliphatic rings. The third-order valence-corrected chi connectivity index (χ3v) is 2.49. The van der Waals surface area contributed by atoms with Gasteiger partial charge in [-0.2, -0.15) is 0 Å². The fraction of sp³-hybridized carbons (Fsp3) is 0.800. The summed E-state index contributed by atoms with van der Waals surface area (Å²) >= 11 is 4.50. The van der Waals surface area contributed by atoms with Gasteiger partial charge in [0.1, 0.15) is 6.61 Å². The highest BCUT2D eigenvalue weighted by Gasteiger charge is 2.33. The Hall–Kier alpha value is -0.900. The van der Waals surface area contributed by atoms with Crippen LogP contribution in [0.5, 0.6) is 0 Å². The number of carbonyl (C=O) groups excluding carboxylic acids is 2. The molecule has 0 radical (unpaired) electrons. The maximum Gasteiger partial charge on any atom is 0.522 e. The lowest BCUT2D eigenvalue weighted by Gasteiger charge is -2.14. The Morgan fingerprint density at radius 2 is 2.15 bits per heavy atom. The van der Waals surface area contributed by atoms with Gasteiger partial charge in [-0.15, -0.1) is 13.2 Å². The predicted octanol–water partition coefficient (Wildman–Crippen LogP) is 0.732. The number of rotatable bonds is 5. The molecular formula is C10H16ClF3N2O4. The largest absolute Gasteiger partial charge is 0.522 e. The first-order valence-corrected chi connectivity index (χ1v) is 5.93. The monoisotopic (exact) mass is 320 g/mol. The number of hydrogen-bond acceptors (Lipinski definition) is 5. The van der Waals surface area contributed by atoms with Gasteiger partial charge >= 0.3 is 6.36 Å². The Balaban J connectivity index is 0.00000110. The van der Waals surface area contributed by atoms with Gasteiger partial charge in [-0.1, -0.05) is 0 Å². The van der Waals surface area contributed by atoms with Crippen LogP contribution in [0.15, 0.2) is 0 Å².